The molecule has 0 amide bonds. The second-order valence-electron chi connectivity index (χ2n) is 4.20. The normalized spacial score (nSPS) is 16.6. The highest BCUT2D eigenvalue weighted by Crippen LogP contribution is 2.16. The van der Waals surface area contributed by atoms with Gasteiger partial charge in [-0.2, -0.15) is 12.7 Å². The van der Waals surface area contributed by atoms with E-state index in [0.717, 1.165) is 17.1 Å². The van der Waals surface area contributed by atoms with Crippen LogP contribution in [0.25, 0.3) is 0 Å². The first-order valence-electron chi connectivity index (χ1n) is 5.86. The maximum Gasteiger partial charge on any atom is 0.304 e. The second-order valence-corrected chi connectivity index (χ2v) is 6.27. The molecule has 1 heterocycles. The van der Waals surface area contributed by atoms with Gasteiger partial charge in [-0.05, 0) is 12.5 Å². The van der Waals surface area contributed by atoms with Crippen LogP contribution in [0.3, 0.4) is 0 Å². The molecule has 0 N–H and O–H groups in total. The lowest BCUT2D eigenvalue weighted by atomic mass is 10.2. The van der Waals surface area contributed by atoms with Gasteiger partial charge in [0, 0.05) is 20.5 Å². The number of carbonyl (C=O) groups is 1. The van der Waals surface area contributed by atoms with Gasteiger partial charge in [-0.25, -0.2) is 9.30 Å². The molecule has 0 aromatic carbocycles. The van der Waals surface area contributed by atoms with Gasteiger partial charge in [-0.15, -0.1) is 0 Å². The molecule has 1 aliphatic rings. The van der Waals surface area contributed by atoms with Crippen molar-refractivity contribution in [2.24, 2.45) is 4.99 Å². The van der Waals surface area contributed by atoms with Crippen molar-refractivity contribution in [1.29, 1.82) is 0 Å². The van der Waals surface area contributed by atoms with E-state index >= 15 is 0 Å². The first-order valence-corrected chi connectivity index (χ1v) is 7.26. The summed E-state index contributed by atoms with van der Waals surface area (Å²) < 4.78 is 26.6. The lowest BCUT2D eigenvalue weighted by Crippen LogP contribution is -2.45. The van der Waals surface area contributed by atoms with E-state index in [1.54, 1.807) is 0 Å². The van der Waals surface area contributed by atoms with E-state index in [1.807, 2.05) is 6.92 Å². The number of unbranched alkanes of at least 4 members (excludes halogenated alkanes) is 1. The first-order chi connectivity index (χ1) is 8.43. The highest BCUT2D eigenvalue weighted by Gasteiger charge is 2.28. The van der Waals surface area contributed by atoms with Gasteiger partial charge < -0.3 is 0 Å². The van der Waals surface area contributed by atoms with Gasteiger partial charge in [0.05, 0.1) is 6.54 Å². The summed E-state index contributed by atoms with van der Waals surface area (Å²) in [5.74, 6) is 0.440. The Hall–Kier alpha value is -1.21. The molecule has 1 rings (SSSR count). The van der Waals surface area contributed by atoms with Crippen molar-refractivity contribution in [3.63, 3.8) is 0 Å². The number of nitrogens with zero attached hydrogens (tertiary/aromatic N) is 3. The molecule has 0 saturated heterocycles. The zero-order valence-corrected chi connectivity index (χ0v) is 11.8. The van der Waals surface area contributed by atoms with Crippen molar-refractivity contribution in [2.75, 3.05) is 20.6 Å². The standard InChI is InChI=1S/C11H19N3O3S/c1-4-5-6-11-12-10(9-15)7-8-14(11)18(16,17)13(2)3/h7,9H,4-6,8H2,1-3H3. The Balaban J connectivity index is 3.03. The maximum absolute atomic E-state index is 12.1. The molecular formula is C11H19N3O3S. The molecule has 18 heavy (non-hydrogen) atoms. The van der Waals surface area contributed by atoms with Crippen LogP contribution in [-0.2, 0) is 15.0 Å². The Labute approximate surface area is 108 Å². The van der Waals surface area contributed by atoms with E-state index in [4.69, 9.17) is 0 Å². The molecule has 0 spiro atoms. The van der Waals surface area contributed by atoms with Gasteiger partial charge in [0.15, 0.2) is 6.29 Å². The van der Waals surface area contributed by atoms with Gasteiger partial charge in [0.25, 0.3) is 0 Å². The summed E-state index contributed by atoms with van der Waals surface area (Å²) in [6.45, 7) is 2.18. The van der Waals surface area contributed by atoms with Crippen LogP contribution in [-0.4, -0.2) is 49.8 Å². The van der Waals surface area contributed by atoms with E-state index in [2.05, 4.69) is 4.99 Å². The fourth-order valence-corrected chi connectivity index (χ4v) is 2.60. The third kappa shape index (κ3) is 3.17. The van der Waals surface area contributed by atoms with Crippen molar-refractivity contribution >= 4 is 22.3 Å². The van der Waals surface area contributed by atoms with Gasteiger partial charge in [-0.3, -0.25) is 4.79 Å². The van der Waals surface area contributed by atoms with Gasteiger partial charge in [0.2, 0.25) is 0 Å². The van der Waals surface area contributed by atoms with Crippen molar-refractivity contribution in [3.8, 4) is 0 Å². The van der Waals surface area contributed by atoms with Crippen LogP contribution < -0.4 is 0 Å². The molecule has 0 aromatic rings. The molecule has 6 nitrogen and oxygen atoms in total. The zero-order valence-electron chi connectivity index (χ0n) is 11.0. The van der Waals surface area contributed by atoms with Crippen LogP contribution in [0.1, 0.15) is 26.2 Å². The van der Waals surface area contributed by atoms with Gasteiger partial charge in [0.1, 0.15) is 11.5 Å². The largest absolute Gasteiger partial charge is 0.304 e. The summed E-state index contributed by atoms with van der Waals surface area (Å²) >= 11 is 0. The highest BCUT2D eigenvalue weighted by molar-refractivity contribution is 7.87. The number of allylic oxidation sites excluding steroid dienone is 1. The zero-order chi connectivity index (χ0) is 13.8. The molecule has 1 aliphatic heterocycles. The number of aldehydes is 1. The molecule has 0 aromatic heterocycles. The quantitative estimate of drug-likeness (QED) is 0.671. The Bertz CT molecular complexity index is 466. The molecular weight excluding hydrogens is 254 g/mol. The number of carbonyl (C=O) groups excluding carboxylic acids is 1. The summed E-state index contributed by atoms with van der Waals surface area (Å²) in [6, 6.07) is 0. The minimum absolute atomic E-state index is 0.164. The number of hydrogen-bond donors (Lipinski definition) is 0. The number of amidine groups is 1. The van der Waals surface area contributed by atoms with Crippen molar-refractivity contribution < 1.29 is 13.2 Å². The number of rotatable bonds is 6. The summed E-state index contributed by atoms with van der Waals surface area (Å²) in [6.07, 6.45) is 4.49. The highest BCUT2D eigenvalue weighted by atomic mass is 32.2. The van der Waals surface area contributed by atoms with E-state index < -0.39 is 10.2 Å². The smallest absolute Gasteiger partial charge is 0.296 e. The molecule has 102 valence electrons. The summed E-state index contributed by atoms with van der Waals surface area (Å²) in [5.41, 5.74) is 0.298. The molecule has 0 fully saturated rings. The Kier molecular flexibility index (Phi) is 5.03. The molecule has 0 bridgehead atoms. The summed E-state index contributed by atoms with van der Waals surface area (Å²) in [4.78, 5) is 14.8. The van der Waals surface area contributed by atoms with Crippen LogP contribution in [0.4, 0.5) is 0 Å². The lowest BCUT2D eigenvalue weighted by molar-refractivity contribution is -0.105. The summed E-state index contributed by atoms with van der Waals surface area (Å²) in [5, 5.41) is 0. The van der Waals surface area contributed by atoms with Crippen LogP contribution in [0.2, 0.25) is 0 Å². The van der Waals surface area contributed by atoms with Crippen LogP contribution in [0.15, 0.2) is 16.8 Å². The predicted octanol–water partition coefficient (Wildman–Crippen LogP) is 0.780. The molecule has 0 saturated carbocycles. The van der Waals surface area contributed by atoms with Crippen LogP contribution in [0.5, 0.6) is 0 Å². The van der Waals surface area contributed by atoms with Gasteiger partial charge >= 0.3 is 10.2 Å². The average molecular weight is 273 g/mol. The van der Waals surface area contributed by atoms with E-state index in [1.165, 1.54) is 24.5 Å². The average Bonchev–Trinajstić information content (AvgIpc) is 2.35. The van der Waals surface area contributed by atoms with E-state index in [-0.39, 0.29) is 6.54 Å². The minimum Gasteiger partial charge on any atom is -0.296 e. The monoisotopic (exact) mass is 273 g/mol. The Morgan fingerprint density at radius 2 is 2.17 bits per heavy atom. The van der Waals surface area contributed by atoms with Crippen molar-refractivity contribution in [2.45, 2.75) is 26.2 Å². The SMILES string of the molecule is CCCCC1=NC(C=O)=CCN1S(=O)(=O)N(C)C. The fraction of sp³-hybridized carbons (Fsp3) is 0.636. The summed E-state index contributed by atoms with van der Waals surface area (Å²) in [7, 11) is -0.580. The van der Waals surface area contributed by atoms with E-state index in [0.29, 0.717) is 24.2 Å². The second kappa shape index (κ2) is 6.10. The Morgan fingerprint density at radius 1 is 1.50 bits per heavy atom. The molecule has 0 atom stereocenters. The third-order valence-corrected chi connectivity index (χ3v) is 4.47. The molecule has 7 heteroatoms. The van der Waals surface area contributed by atoms with Crippen LogP contribution in [0, 0.1) is 0 Å². The van der Waals surface area contributed by atoms with Crippen molar-refractivity contribution in [3.05, 3.63) is 11.8 Å². The lowest BCUT2D eigenvalue weighted by Gasteiger charge is -2.29. The van der Waals surface area contributed by atoms with Crippen molar-refractivity contribution in [1.82, 2.24) is 8.61 Å². The third-order valence-electron chi connectivity index (χ3n) is 2.63. The topological polar surface area (TPSA) is 70.0 Å². The minimum atomic E-state index is -3.54. The van der Waals surface area contributed by atoms with E-state index in [9.17, 15) is 13.2 Å². The maximum atomic E-state index is 12.1. The number of aliphatic imine (C=N–C) groups is 1. The molecule has 0 unspecified atom stereocenters. The fourth-order valence-electron chi connectivity index (χ4n) is 1.55. The Morgan fingerprint density at radius 3 is 2.67 bits per heavy atom. The number of hydrogen-bond acceptors (Lipinski definition) is 4. The first kappa shape index (κ1) is 14.8. The molecule has 0 aliphatic carbocycles. The van der Waals surface area contributed by atoms with Gasteiger partial charge in [-0.1, -0.05) is 13.3 Å². The van der Waals surface area contributed by atoms with Crippen LogP contribution >= 0.6 is 0 Å². The predicted molar refractivity (Wildman–Crippen MR) is 70.4 cm³/mol. The molecule has 0 radical (unpaired) electrons.